The van der Waals surface area contributed by atoms with Crippen LogP contribution in [0.25, 0.3) is 0 Å². The van der Waals surface area contributed by atoms with E-state index in [1.54, 1.807) is 6.07 Å². The number of hydrogen-bond acceptors (Lipinski definition) is 0. The third-order valence-electron chi connectivity index (χ3n) is 2.30. The average molecular weight is 277 g/mol. The van der Waals surface area contributed by atoms with E-state index < -0.39 is 11.6 Å². The van der Waals surface area contributed by atoms with Gasteiger partial charge in [-0.1, -0.05) is 35.8 Å². The largest absolute Gasteiger partial charge is 0.204 e. The maximum absolute atomic E-state index is 12.9. The van der Waals surface area contributed by atoms with Gasteiger partial charge in [0.1, 0.15) is 0 Å². The first-order chi connectivity index (χ1) is 7.00. The van der Waals surface area contributed by atoms with Crippen molar-refractivity contribution in [1.29, 1.82) is 0 Å². The smallest absolute Gasteiger partial charge is 0.159 e. The molecule has 1 aromatic rings. The van der Waals surface area contributed by atoms with Crippen LogP contribution in [0.3, 0.4) is 0 Å². The Bertz CT molecular complexity index is 323. The molecule has 0 saturated heterocycles. The van der Waals surface area contributed by atoms with Gasteiger partial charge in [-0.05, 0) is 36.5 Å². The quantitative estimate of drug-likeness (QED) is 0.691. The number of benzene rings is 1. The number of rotatable bonds is 4. The zero-order valence-electron chi connectivity index (χ0n) is 8.93. The molecule has 0 aliphatic carbocycles. The van der Waals surface area contributed by atoms with E-state index >= 15 is 0 Å². The first-order valence-corrected chi connectivity index (χ1v) is 6.01. The highest BCUT2D eigenvalue weighted by molar-refractivity contribution is 9.09. The van der Waals surface area contributed by atoms with Crippen LogP contribution in [0.4, 0.5) is 8.78 Å². The SMILES string of the molecule is CC(C)CCC(Br)c1ccc(F)c(F)c1. The lowest BCUT2D eigenvalue weighted by molar-refractivity contribution is 0.505. The van der Waals surface area contributed by atoms with Crippen LogP contribution >= 0.6 is 15.9 Å². The molecule has 0 bridgehead atoms. The molecule has 1 unspecified atom stereocenters. The Balaban J connectivity index is 2.65. The van der Waals surface area contributed by atoms with Gasteiger partial charge in [0, 0.05) is 4.83 Å². The highest BCUT2D eigenvalue weighted by Gasteiger charge is 2.11. The van der Waals surface area contributed by atoms with Gasteiger partial charge < -0.3 is 0 Å². The molecule has 0 heterocycles. The van der Waals surface area contributed by atoms with Crippen molar-refractivity contribution in [2.75, 3.05) is 0 Å². The summed E-state index contributed by atoms with van der Waals surface area (Å²) >= 11 is 3.48. The van der Waals surface area contributed by atoms with Crippen LogP contribution in [0.15, 0.2) is 18.2 Å². The van der Waals surface area contributed by atoms with Gasteiger partial charge in [-0.15, -0.1) is 0 Å². The maximum Gasteiger partial charge on any atom is 0.159 e. The van der Waals surface area contributed by atoms with E-state index in [2.05, 4.69) is 29.8 Å². The number of halogens is 3. The molecule has 1 rings (SSSR count). The highest BCUT2D eigenvalue weighted by Crippen LogP contribution is 2.29. The fourth-order valence-electron chi connectivity index (χ4n) is 1.35. The van der Waals surface area contributed by atoms with Crippen molar-refractivity contribution in [3.63, 3.8) is 0 Å². The second kappa shape index (κ2) is 5.59. The Hall–Kier alpha value is -0.440. The van der Waals surface area contributed by atoms with Crippen LogP contribution < -0.4 is 0 Å². The number of alkyl halides is 1. The molecule has 0 aromatic heterocycles. The summed E-state index contributed by atoms with van der Waals surface area (Å²) in [6, 6.07) is 4.06. The van der Waals surface area contributed by atoms with Crippen LogP contribution in [0.1, 0.15) is 37.1 Å². The Morgan fingerprint density at radius 3 is 2.33 bits per heavy atom. The van der Waals surface area contributed by atoms with Crippen LogP contribution in [0.5, 0.6) is 0 Å². The van der Waals surface area contributed by atoms with E-state index in [4.69, 9.17) is 0 Å². The summed E-state index contributed by atoms with van der Waals surface area (Å²) in [5.74, 6) is -0.945. The van der Waals surface area contributed by atoms with Crippen LogP contribution in [-0.2, 0) is 0 Å². The van der Waals surface area contributed by atoms with E-state index in [-0.39, 0.29) is 4.83 Å². The summed E-state index contributed by atoms with van der Waals surface area (Å²) in [4.78, 5) is 0.106. The first kappa shape index (κ1) is 12.6. The van der Waals surface area contributed by atoms with Crippen LogP contribution in [-0.4, -0.2) is 0 Å². The van der Waals surface area contributed by atoms with Crippen molar-refractivity contribution in [2.45, 2.75) is 31.5 Å². The lowest BCUT2D eigenvalue weighted by Crippen LogP contribution is -1.96. The average Bonchev–Trinajstić information content (AvgIpc) is 2.18. The molecule has 0 aliphatic heterocycles. The number of hydrogen-bond donors (Lipinski definition) is 0. The summed E-state index contributed by atoms with van der Waals surface area (Å²) in [6.07, 6.45) is 2.00. The molecular weight excluding hydrogens is 262 g/mol. The molecule has 0 fully saturated rings. The zero-order chi connectivity index (χ0) is 11.4. The highest BCUT2D eigenvalue weighted by atomic mass is 79.9. The molecule has 0 amide bonds. The van der Waals surface area contributed by atoms with E-state index in [0.717, 1.165) is 18.4 Å². The molecule has 3 heteroatoms. The fourth-order valence-corrected chi connectivity index (χ4v) is 1.90. The standard InChI is InChI=1S/C12H15BrF2/c1-8(2)3-5-10(13)9-4-6-11(14)12(15)7-9/h4,6-8,10H,3,5H2,1-2H3. The molecule has 0 N–H and O–H groups in total. The molecule has 15 heavy (non-hydrogen) atoms. The summed E-state index contributed by atoms with van der Waals surface area (Å²) in [6.45, 7) is 4.29. The third kappa shape index (κ3) is 3.90. The predicted octanol–water partition coefficient (Wildman–Crippen LogP) is 4.84. The van der Waals surface area contributed by atoms with Crippen molar-refractivity contribution < 1.29 is 8.78 Å². The minimum absolute atomic E-state index is 0.106. The lowest BCUT2D eigenvalue weighted by Gasteiger charge is -2.11. The van der Waals surface area contributed by atoms with Crippen molar-refractivity contribution in [1.82, 2.24) is 0 Å². The first-order valence-electron chi connectivity index (χ1n) is 5.09. The van der Waals surface area contributed by atoms with Gasteiger partial charge in [0.05, 0.1) is 0 Å². The fraction of sp³-hybridized carbons (Fsp3) is 0.500. The van der Waals surface area contributed by atoms with Gasteiger partial charge >= 0.3 is 0 Å². The Kier molecular flexibility index (Phi) is 4.71. The van der Waals surface area contributed by atoms with E-state index in [1.165, 1.54) is 12.1 Å². The second-order valence-corrected chi connectivity index (χ2v) is 5.22. The predicted molar refractivity (Wildman–Crippen MR) is 62.1 cm³/mol. The molecule has 0 saturated carbocycles. The van der Waals surface area contributed by atoms with Crippen molar-refractivity contribution in [3.05, 3.63) is 35.4 Å². The van der Waals surface area contributed by atoms with Crippen molar-refractivity contribution in [2.24, 2.45) is 5.92 Å². The molecule has 0 spiro atoms. The topological polar surface area (TPSA) is 0 Å². The van der Waals surface area contributed by atoms with Gasteiger partial charge in [-0.3, -0.25) is 0 Å². The summed E-state index contributed by atoms with van der Waals surface area (Å²) < 4.78 is 25.6. The van der Waals surface area contributed by atoms with E-state index in [0.29, 0.717) is 5.92 Å². The minimum Gasteiger partial charge on any atom is -0.204 e. The minimum atomic E-state index is -0.790. The molecular formula is C12H15BrF2. The zero-order valence-corrected chi connectivity index (χ0v) is 10.5. The molecule has 0 radical (unpaired) electrons. The van der Waals surface area contributed by atoms with Crippen LogP contribution in [0.2, 0.25) is 0 Å². The second-order valence-electron chi connectivity index (χ2n) is 4.11. The Morgan fingerprint density at radius 2 is 1.80 bits per heavy atom. The maximum atomic E-state index is 12.9. The Morgan fingerprint density at radius 1 is 1.13 bits per heavy atom. The molecule has 84 valence electrons. The van der Waals surface area contributed by atoms with Crippen LogP contribution in [0, 0.1) is 17.6 Å². The monoisotopic (exact) mass is 276 g/mol. The molecule has 1 atom stereocenters. The molecule has 0 nitrogen and oxygen atoms in total. The lowest BCUT2D eigenvalue weighted by atomic mass is 10.0. The summed E-state index contributed by atoms with van der Waals surface area (Å²) in [5, 5.41) is 0. The van der Waals surface area contributed by atoms with Crippen molar-refractivity contribution in [3.8, 4) is 0 Å². The Labute approximate surface area is 97.8 Å². The molecule has 1 aromatic carbocycles. The van der Waals surface area contributed by atoms with Gasteiger partial charge in [0.15, 0.2) is 11.6 Å². The normalized spacial score (nSPS) is 13.2. The van der Waals surface area contributed by atoms with Crippen molar-refractivity contribution >= 4 is 15.9 Å². The van der Waals surface area contributed by atoms with Gasteiger partial charge in [-0.2, -0.15) is 0 Å². The third-order valence-corrected chi connectivity index (χ3v) is 3.29. The van der Waals surface area contributed by atoms with E-state index in [9.17, 15) is 8.78 Å². The molecule has 0 aliphatic rings. The van der Waals surface area contributed by atoms with Gasteiger partial charge in [0.25, 0.3) is 0 Å². The van der Waals surface area contributed by atoms with Gasteiger partial charge in [-0.25, -0.2) is 8.78 Å². The van der Waals surface area contributed by atoms with E-state index in [1.807, 2.05) is 0 Å². The summed E-state index contributed by atoms with van der Waals surface area (Å²) in [7, 11) is 0. The van der Waals surface area contributed by atoms with Gasteiger partial charge in [0.2, 0.25) is 0 Å². The summed E-state index contributed by atoms with van der Waals surface area (Å²) in [5.41, 5.74) is 0.801.